The lowest BCUT2D eigenvalue weighted by atomic mass is 10.3. The van der Waals surface area contributed by atoms with E-state index in [-0.39, 0.29) is 21.1 Å². The zero-order valence-corrected chi connectivity index (χ0v) is 13.0. The standard InChI is InChI=1S/C12H16BrFN2O2S/c1-16(9-4-2-3-5-9)19(17,18)11-7-8(15)6-10(13)12(11)14/h6-7,9H,2-5,15H2,1H3. The number of hydrogen-bond acceptors (Lipinski definition) is 3. The number of nitrogens with zero attached hydrogens (tertiary/aromatic N) is 1. The molecular weight excluding hydrogens is 335 g/mol. The summed E-state index contributed by atoms with van der Waals surface area (Å²) < 4.78 is 40.3. The van der Waals surface area contributed by atoms with Crippen LogP contribution in [0.1, 0.15) is 25.7 Å². The third kappa shape index (κ3) is 2.78. The summed E-state index contributed by atoms with van der Waals surface area (Å²) in [6.07, 6.45) is 3.66. The lowest BCUT2D eigenvalue weighted by molar-refractivity contribution is 0.370. The summed E-state index contributed by atoms with van der Waals surface area (Å²) in [6.45, 7) is 0. The van der Waals surface area contributed by atoms with Gasteiger partial charge < -0.3 is 5.73 Å². The Balaban J connectivity index is 2.44. The van der Waals surface area contributed by atoms with E-state index in [0.717, 1.165) is 25.7 Å². The van der Waals surface area contributed by atoms with Gasteiger partial charge in [0.25, 0.3) is 0 Å². The van der Waals surface area contributed by atoms with E-state index in [2.05, 4.69) is 15.9 Å². The fraction of sp³-hybridized carbons (Fsp3) is 0.500. The minimum atomic E-state index is -3.85. The van der Waals surface area contributed by atoms with E-state index in [4.69, 9.17) is 5.73 Å². The van der Waals surface area contributed by atoms with Crippen LogP contribution in [-0.2, 0) is 10.0 Å². The second-order valence-corrected chi connectivity index (χ2v) is 7.59. The van der Waals surface area contributed by atoms with Crippen LogP contribution in [0.25, 0.3) is 0 Å². The molecular formula is C12H16BrFN2O2S. The van der Waals surface area contributed by atoms with Gasteiger partial charge in [0.1, 0.15) is 4.90 Å². The normalized spacial score (nSPS) is 17.3. The van der Waals surface area contributed by atoms with Crippen molar-refractivity contribution in [3.63, 3.8) is 0 Å². The van der Waals surface area contributed by atoms with E-state index in [1.807, 2.05) is 0 Å². The van der Waals surface area contributed by atoms with Gasteiger partial charge in [0, 0.05) is 18.8 Å². The van der Waals surface area contributed by atoms with E-state index >= 15 is 0 Å². The summed E-state index contributed by atoms with van der Waals surface area (Å²) in [5.41, 5.74) is 5.81. The Morgan fingerprint density at radius 3 is 2.53 bits per heavy atom. The minimum Gasteiger partial charge on any atom is -0.399 e. The molecule has 0 bridgehead atoms. The number of sulfonamides is 1. The fourth-order valence-electron chi connectivity index (χ4n) is 2.39. The Kier molecular flexibility index (Phi) is 4.17. The van der Waals surface area contributed by atoms with Gasteiger partial charge in [-0.25, -0.2) is 12.8 Å². The van der Waals surface area contributed by atoms with E-state index in [0.29, 0.717) is 0 Å². The lowest BCUT2D eigenvalue weighted by Gasteiger charge is -2.24. The van der Waals surface area contributed by atoms with Crippen LogP contribution in [0.2, 0.25) is 0 Å². The van der Waals surface area contributed by atoms with Gasteiger partial charge in [-0.15, -0.1) is 0 Å². The zero-order valence-electron chi connectivity index (χ0n) is 10.6. The second-order valence-electron chi connectivity index (χ2n) is 4.77. The van der Waals surface area contributed by atoms with Crippen molar-refractivity contribution in [2.45, 2.75) is 36.6 Å². The highest BCUT2D eigenvalue weighted by Crippen LogP contribution is 2.31. The second kappa shape index (κ2) is 5.38. The number of rotatable bonds is 3. The molecule has 1 fully saturated rings. The molecule has 0 atom stereocenters. The van der Waals surface area contributed by atoms with Crippen molar-refractivity contribution in [1.29, 1.82) is 0 Å². The Morgan fingerprint density at radius 2 is 1.95 bits per heavy atom. The number of nitrogen functional groups attached to an aromatic ring is 1. The van der Waals surface area contributed by atoms with Crippen LogP contribution in [0.4, 0.5) is 10.1 Å². The van der Waals surface area contributed by atoms with Gasteiger partial charge in [-0.3, -0.25) is 0 Å². The first-order valence-electron chi connectivity index (χ1n) is 6.06. The molecule has 2 N–H and O–H groups in total. The Bertz CT molecular complexity index is 586. The molecule has 0 saturated heterocycles. The van der Waals surface area contributed by atoms with Crippen molar-refractivity contribution in [3.8, 4) is 0 Å². The molecule has 0 unspecified atom stereocenters. The largest absolute Gasteiger partial charge is 0.399 e. The first-order valence-corrected chi connectivity index (χ1v) is 8.30. The highest BCUT2D eigenvalue weighted by molar-refractivity contribution is 9.10. The van der Waals surface area contributed by atoms with Gasteiger partial charge in [-0.1, -0.05) is 12.8 Å². The Labute approximate surface area is 121 Å². The summed E-state index contributed by atoms with van der Waals surface area (Å²) in [6, 6.07) is 2.47. The number of hydrogen-bond donors (Lipinski definition) is 1. The van der Waals surface area contributed by atoms with Crippen molar-refractivity contribution in [2.24, 2.45) is 0 Å². The smallest absolute Gasteiger partial charge is 0.246 e. The summed E-state index contributed by atoms with van der Waals surface area (Å²) in [4.78, 5) is -0.367. The van der Waals surface area contributed by atoms with Crippen LogP contribution >= 0.6 is 15.9 Å². The third-order valence-electron chi connectivity index (χ3n) is 3.51. The highest BCUT2D eigenvalue weighted by Gasteiger charge is 2.32. The summed E-state index contributed by atoms with van der Waals surface area (Å²) in [7, 11) is -2.35. The zero-order chi connectivity index (χ0) is 14.2. The van der Waals surface area contributed by atoms with Crippen LogP contribution in [0.3, 0.4) is 0 Å². The molecule has 1 aromatic rings. The molecule has 106 valence electrons. The first-order chi connectivity index (χ1) is 8.84. The fourth-order valence-corrected chi connectivity index (χ4v) is 4.53. The van der Waals surface area contributed by atoms with E-state index in [1.54, 1.807) is 0 Å². The van der Waals surface area contributed by atoms with Crippen LogP contribution in [0.5, 0.6) is 0 Å². The molecule has 4 nitrogen and oxygen atoms in total. The summed E-state index contributed by atoms with van der Waals surface area (Å²) in [5, 5.41) is 0. The minimum absolute atomic E-state index is 0.0513. The molecule has 0 aliphatic heterocycles. The molecule has 1 aliphatic rings. The monoisotopic (exact) mass is 350 g/mol. The molecule has 0 spiro atoms. The molecule has 1 aliphatic carbocycles. The molecule has 0 amide bonds. The van der Waals surface area contributed by atoms with Crippen LogP contribution in [0, 0.1) is 5.82 Å². The highest BCUT2D eigenvalue weighted by atomic mass is 79.9. The Morgan fingerprint density at radius 1 is 1.37 bits per heavy atom. The molecule has 19 heavy (non-hydrogen) atoms. The maximum Gasteiger partial charge on any atom is 0.246 e. The maximum atomic E-state index is 14.0. The van der Waals surface area contributed by atoms with Crippen molar-refractivity contribution < 1.29 is 12.8 Å². The molecule has 0 aromatic heterocycles. The van der Waals surface area contributed by atoms with Gasteiger partial charge in [0.15, 0.2) is 5.82 Å². The average molecular weight is 351 g/mol. The number of anilines is 1. The topological polar surface area (TPSA) is 63.4 Å². The lowest BCUT2D eigenvalue weighted by Crippen LogP contribution is -2.35. The molecule has 7 heteroatoms. The first kappa shape index (κ1) is 14.7. The molecule has 0 heterocycles. The Hall–Kier alpha value is -0.660. The average Bonchev–Trinajstić information content (AvgIpc) is 2.86. The van der Waals surface area contributed by atoms with Gasteiger partial charge in [0.05, 0.1) is 4.47 Å². The quantitative estimate of drug-likeness (QED) is 0.852. The number of benzene rings is 1. The molecule has 1 aromatic carbocycles. The van der Waals surface area contributed by atoms with Crippen molar-refractivity contribution in [1.82, 2.24) is 4.31 Å². The van der Waals surface area contributed by atoms with Gasteiger partial charge in [-0.2, -0.15) is 4.31 Å². The van der Waals surface area contributed by atoms with Crippen molar-refractivity contribution >= 4 is 31.6 Å². The van der Waals surface area contributed by atoms with Crippen LogP contribution in [-0.4, -0.2) is 25.8 Å². The van der Waals surface area contributed by atoms with Gasteiger partial charge in [0.2, 0.25) is 10.0 Å². The van der Waals surface area contributed by atoms with Crippen molar-refractivity contribution in [3.05, 3.63) is 22.4 Å². The maximum absolute atomic E-state index is 14.0. The predicted molar refractivity (Wildman–Crippen MR) is 75.7 cm³/mol. The van der Waals surface area contributed by atoms with E-state index < -0.39 is 15.8 Å². The number of halogens is 2. The SMILES string of the molecule is CN(C1CCCC1)S(=O)(=O)c1cc(N)cc(Br)c1F. The molecule has 0 radical (unpaired) electrons. The van der Waals surface area contributed by atoms with Gasteiger partial charge >= 0.3 is 0 Å². The predicted octanol–water partition coefficient (Wildman–Crippen LogP) is 2.73. The van der Waals surface area contributed by atoms with Crippen LogP contribution < -0.4 is 5.73 Å². The molecule has 2 rings (SSSR count). The van der Waals surface area contributed by atoms with Gasteiger partial charge in [-0.05, 0) is 40.9 Å². The van der Waals surface area contributed by atoms with E-state index in [9.17, 15) is 12.8 Å². The van der Waals surface area contributed by atoms with Crippen molar-refractivity contribution in [2.75, 3.05) is 12.8 Å². The van der Waals surface area contributed by atoms with Crippen LogP contribution in [0.15, 0.2) is 21.5 Å². The molecule has 1 saturated carbocycles. The third-order valence-corrected chi connectivity index (χ3v) is 6.00. The number of nitrogens with two attached hydrogens (primary N) is 1. The van der Waals surface area contributed by atoms with E-state index in [1.165, 1.54) is 23.5 Å². The summed E-state index contributed by atoms with van der Waals surface area (Å²) in [5.74, 6) is -0.793. The summed E-state index contributed by atoms with van der Waals surface area (Å²) >= 11 is 2.98.